The van der Waals surface area contributed by atoms with Gasteiger partial charge in [-0.15, -0.1) is 11.3 Å². The predicted molar refractivity (Wildman–Crippen MR) is 165 cm³/mol. The number of amides is 2. The Kier molecular flexibility index (Phi) is 8.78. The number of carbonyl (C=O) groups is 3. The number of ether oxygens (including phenoxy) is 1. The van der Waals surface area contributed by atoms with Crippen LogP contribution in [0, 0.1) is 11.7 Å². The fourth-order valence-electron chi connectivity index (χ4n) is 5.86. The van der Waals surface area contributed by atoms with E-state index in [-0.39, 0.29) is 23.7 Å². The Bertz CT molecular complexity index is 1570. The molecule has 0 saturated carbocycles. The standard InChI is InChI=1S/C35H35FN2O4S/c1-35(2,3)25-16-14-24(15-17-25)33(40)38-30(27-11-8-20-43-27)29(34(41)42-4)28(23-9-6-5-7-10-23)31(38)32(39)37-21-22-12-18-26(36)19-13-22/h5-20,28-31H,21H2,1-4H3,(H,37,39). The molecular formula is C35H35FN2O4S. The van der Waals surface area contributed by atoms with Crippen molar-refractivity contribution in [1.82, 2.24) is 10.2 Å². The third-order valence-electron chi connectivity index (χ3n) is 8.04. The number of benzene rings is 3. The quantitative estimate of drug-likeness (QED) is 0.242. The zero-order chi connectivity index (χ0) is 30.7. The maximum atomic E-state index is 14.5. The van der Waals surface area contributed by atoms with Crippen molar-refractivity contribution < 1.29 is 23.5 Å². The molecule has 0 aliphatic carbocycles. The van der Waals surface area contributed by atoms with Crippen LogP contribution in [0.1, 0.15) is 64.7 Å². The lowest BCUT2D eigenvalue weighted by Crippen LogP contribution is -2.48. The molecule has 0 bridgehead atoms. The first kappa shape index (κ1) is 30.2. The van der Waals surface area contributed by atoms with Gasteiger partial charge in [0.15, 0.2) is 0 Å². The number of halogens is 1. The van der Waals surface area contributed by atoms with Crippen molar-refractivity contribution in [2.45, 2.75) is 50.7 Å². The minimum atomic E-state index is -1.03. The van der Waals surface area contributed by atoms with E-state index in [9.17, 15) is 18.8 Å². The van der Waals surface area contributed by atoms with Crippen LogP contribution in [-0.4, -0.2) is 35.8 Å². The first-order valence-corrected chi connectivity index (χ1v) is 15.1. The van der Waals surface area contributed by atoms with Crippen molar-refractivity contribution >= 4 is 29.1 Å². The Labute approximate surface area is 255 Å². The van der Waals surface area contributed by atoms with E-state index in [2.05, 4.69) is 26.1 Å². The molecule has 8 heteroatoms. The number of hydrogen-bond donors (Lipinski definition) is 1. The summed E-state index contributed by atoms with van der Waals surface area (Å²) in [6, 6.07) is 24.6. The van der Waals surface area contributed by atoms with E-state index in [0.29, 0.717) is 11.1 Å². The summed E-state index contributed by atoms with van der Waals surface area (Å²) in [7, 11) is 1.33. The second-order valence-electron chi connectivity index (χ2n) is 11.8. The fraction of sp³-hybridized carbons (Fsp3) is 0.286. The summed E-state index contributed by atoms with van der Waals surface area (Å²) in [5.41, 5.74) is 2.84. The zero-order valence-electron chi connectivity index (χ0n) is 24.6. The second kappa shape index (κ2) is 12.5. The van der Waals surface area contributed by atoms with Gasteiger partial charge in [0.05, 0.1) is 19.1 Å². The first-order chi connectivity index (χ1) is 20.6. The van der Waals surface area contributed by atoms with Crippen molar-refractivity contribution in [2.24, 2.45) is 5.92 Å². The smallest absolute Gasteiger partial charge is 0.311 e. The van der Waals surface area contributed by atoms with Crippen LogP contribution >= 0.6 is 11.3 Å². The minimum absolute atomic E-state index is 0.105. The lowest BCUT2D eigenvalue weighted by Gasteiger charge is -2.31. The van der Waals surface area contributed by atoms with Crippen LogP contribution in [0.2, 0.25) is 0 Å². The summed E-state index contributed by atoms with van der Waals surface area (Å²) < 4.78 is 18.8. The first-order valence-electron chi connectivity index (χ1n) is 14.2. The molecule has 4 atom stereocenters. The van der Waals surface area contributed by atoms with Gasteiger partial charge in [-0.1, -0.05) is 81.4 Å². The molecule has 1 aromatic heterocycles. The Morgan fingerprint density at radius 3 is 2.16 bits per heavy atom. The molecule has 3 aromatic carbocycles. The molecule has 5 rings (SSSR count). The number of thiophene rings is 1. The molecule has 2 heterocycles. The van der Waals surface area contributed by atoms with Crippen LogP contribution in [0.15, 0.2) is 96.4 Å². The average molecular weight is 599 g/mol. The van der Waals surface area contributed by atoms with Crippen LogP contribution in [0.4, 0.5) is 4.39 Å². The third-order valence-corrected chi connectivity index (χ3v) is 8.98. The molecule has 4 unspecified atom stereocenters. The van der Waals surface area contributed by atoms with E-state index < -0.39 is 35.8 Å². The van der Waals surface area contributed by atoms with Crippen LogP contribution in [0.5, 0.6) is 0 Å². The number of carbonyl (C=O) groups excluding carboxylic acids is 3. The highest BCUT2D eigenvalue weighted by molar-refractivity contribution is 7.10. The van der Waals surface area contributed by atoms with Crippen molar-refractivity contribution in [2.75, 3.05) is 7.11 Å². The van der Waals surface area contributed by atoms with E-state index in [1.807, 2.05) is 60.0 Å². The molecule has 1 N–H and O–H groups in total. The molecule has 1 aliphatic heterocycles. The van der Waals surface area contributed by atoms with Crippen LogP contribution in [0.25, 0.3) is 0 Å². The van der Waals surface area contributed by atoms with Gasteiger partial charge in [-0.3, -0.25) is 14.4 Å². The molecule has 222 valence electrons. The molecule has 0 spiro atoms. The molecule has 43 heavy (non-hydrogen) atoms. The maximum absolute atomic E-state index is 14.5. The number of nitrogens with one attached hydrogen (secondary N) is 1. The van der Waals surface area contributed by atoms with Crippen LogP contribution in [-0.2, 0) is 26.3 Å². The molecular weight excluding hydrogens is 563 g/mol. The van der Waals surface area contributed by atoms with E-state index >= 15 is 0 Å². The SMILES string of the molecule is COC(=O)C1C(c2ccccc2)C(C(=O)NCc2ccc(F)cc2)N(C(=O)c2ccc(C(C)(C)C)cc2)C1c1cccs1. The summed E-state index contributed by atoms with van der Waals surface area (Å²) in [6.07, 6.45) is 0. The van der Waals surface area contributed by atoms with Gasteiger partial charge >= 0.3 is 5.97 Å². The van der Waals surface area contributed by atoms with E-state index in [1.165, 1.54) is 30.6 Å². The Morgan fingerprint density at radius 2 is 1.58 bits per heavy atom. The highest BCUT2D eigenvalue weighted by Crippen LogP contribution is 2.52. The van der Waals surface area contributed by atoms with Gasteiger partial charge in [0, 0.05) is 22.9 Å². The van der Waals surface area contributed by atoms with Gasteiger partial charge in [-0.25, -0.2) is 4.39 Å². The number of methoxy groups -OCH3 is 1. The molecule has 1 saturated heterocycles. The Hall–Kier alpha value is -4.30. The van der Waals surface area contributed by atoms with Crippen LogP contribution < -0.4 is 5.32 Å². The molecule has 1 aliphatic rings. The minimum Gasteiger partial charge on any atom is -0.469 e. The molecule has 6 nitrogen and oxygen atoms in total. The summed E-state index contributed by atoms with van der Waals surface area (Å²) in [5, 5.41) is 4.86. The molecule has 2 amide bonds. The number of esters is 1. The van der Waals surface area contributed by atoms with Gasteiger partial charge in [-0.2, -0.15) is 0 Å². The Morgan fingerprint density at radius 1 is 0.907 bits per heavy atom. The lowest BCUT2D eigenvalue weighted by atomic mass is 9.81. The highest BCUT2D eigenvalue weighted by atomic mass is 32.1. The molecule has 1 fully saturated rings. The van der Waals surface area contributed by atoms with Crippen molar-refractivity contribution in [3.63, 3.8) is 0 Å². The number of rotatable bonds is 7. The number of hydrogen-bond acceptors (Lipinski definition) is 5. The summed E-state index contributed by atoms with van der Waals surface area (Å²) >= 11 is 1.43. The van der Waals surface area contributed by atoms with Gasteiger partial charge < -0.3 is 15.0 Å². The number of likely N-dealkylation sites (tertiary alicyclic amines) is 1. The highest BCUT2D eigenvalue weighted by Gasteiger charge is 2.58. The maximum Gasteiger partial charge on any atom is 0.311 e. The molecule has 4 aromatic rings. The van der Waals surface area contributed by atoms with Crippen molar-refractivity contribution in [3.05, 3.63) is 129 Å². The normalized spacial score (nSPS) is 20.1. The van der Waals surface area contributed by atoms with E-state index in [0.717, 1.165) is 16.0 Å². The largest absolute Gasteiger partial charge is 0.469 e. The average Bonchev–Trinajstić information content (AvgIpc) is 3.66. The monoisotopic (exact) mass is 598 g/mol. The van der Waals surface area contributed by atoms with E-state index in [4.69, 9.17) is 4.74 Å². The summed E-state index contributed by atoms with van der Waals surface area (Å²) in [5.74, 6) is -3.16. The summed E-state index contributed by atoms with van der Waals surface area (Å²) in [4.78, 5) is 44.7. The van der Waals surface area contributed by atoms with Crippen LogP contribution in [0.3, 0.4) is 0 Å². The zero-order valence-corrected chi connectivity index (χ0v) is 25.4. The fourth-order valence-corrected chi connectivity index (χ4v) is 6.73. The second-order valence-corrected chi connectivity index (χ2v) is 12.8. The van der Waals surface area contributed by atoms with Gasteiger partial charge in [0.1, 0.15) is 11.9 Å². The van der Waals surface area contributed by atoms with Gasteiger partial charge in [0.2, 0.25) is 5.91 Å². The Balaban J connectivity index is 1.64. The molecule has 0 radical (unpaired) electrons. The number of nitrogens with zero attached hydrogens (tertiary/aromatic N) is 1. The van der Waals surface area contributed by atoms with E-state index in [1.54, 1.807) is 29.2 Å². The van der Waals surface area contributed by atoms with Gasteiger partial charge in [0.25, 0.3) is 5.91 Å². The van der Waals surface area contributed by atoms with Crippen molar-refractivity contribution in [1.29, 1.82) is 0 Å². The van der Waals surface area contributed by atoms with Crippen molar-refractivity contribution in [3.8, 4) is 0 Å². The predicted octanol–water partition coefficient (Wildman–Crippen LogP) is 6.64. The third kappa shape index (κ3) is 6.25. The lowest BCUT2D eigenvalue weighted by molar-refractivity contribution is -0.146. The topological polar surface area (TPSA) is 75.7 Å². The summed E-state index contributed by atoms with van der Waals surface area (Å²) in [6.45, 7) is 6.43. The van der Waals surface area contributed by atoms with Gasteiger partial charge in [-0.05, 0) is 57.8 Å².